The molecule has 100 valence electrons. The van der Waals surface area contributed by atoms with Crippen molar-refractivity contribution in [2.75, 3.05) is 6.54 Å². The first-order chi connectivity index (χ1) is 8.51. The predicted octanol–water partition coefficient (Wildman–Crippen LogP) is 2.47. The van der Waals surface area contributed by atoms with E-state index < -0.39 is 6.04 Å². The summed E-state index contributed by atoms with van der Waals surface area (Å²) >= 11 is 0. The summed E-state index contributed by atoms with van der Waals surface area (Å²) in [6.45, 7) is 6.32. The van der Waals surface area contributed by atoms with E-state index in [2.05, 4.69) is 0 Å². The first-order valence-corrected chi connectivity index (χ1v) is 6.32. The molecule has 0 aliphatic rings. The third-order valence-electron chi connectivity index (χ3n) is 3.20. The molecule has 0 saturated heterocycles. The number of nitrogens with two attached hydrogens (primary N) is 1. The summed E-state index contributed by atoms with van der Waals surface area (Å²) in [6.07, 6.45) is 0.617. The molecule has 2 N–H and O–H groups in total. The van der Waals surface area contributed by atoms with Gasteiger partial charge in [-0.25, -0.2) is 4.39 Å². The van der Waals surface area contributed by atoms with Gasteiger partial charge in [-0.3, -0.25) is 4.79 Å². The first-order valence-electron chi connectivity index (χ1n) is 6.32. The number of hydrogen-bond donors (Lipinski definition) is 1. The van der Waals surface area contributed by atoms with E-state index in [1.807, 2.05) is 20.8 Å². The van der Waals surface area contributed by atoms with Crippen LogP contribution in [0.5, 0.6) is 0 Å². The van der Waals surface area contributed by atoms with E-state index in [-0.39, 0.29) is 17.8 Å². The van der Waals surface area contributed by atoms with E-state index in [1.54, 1.807) is 17.0 Å². The van der Waals surface area contributed by atoms with Gasteiger partial charge in [0, 0.05) is 6.54 Å². The number of halogens is 1. The molecule has 0 radical (unpaired) electrons. The summed E-state index contributed by atoms with van der Waals surface area (Å²) in [5.41, 5.74) is 6.69. The third-order valence-corrected chi connectivity index (χ3v) is 3.20. The highest BCUT2D eigenvalue weighted by Crippen LogP contribution is 2.21. The average molecular weight is 252 g/mol. The second-order valence-corrected chi connectivity index (χ2v) is 4.37. The van der Waals surface area contributed by atoms with Crippen LogP contribution in [0.1, 0.15) is 38.8 Å². The van der Waals surface area contributed by atoms with Crippen molar-refractivity contribution < 1.29 is 9.18 Å². The lowest BCUT2D eigenvalue weighted by Crippen LogP contribution is -2.44. The zero-order chi connectivity index (χ0) is 13.7. The van der Waals surface area contributed by atoms with Crippen molar-refractivity contribution in [1.82, 2.24) is 4.90 Å². The third kappa shape index (κ3) is 3.29. The van der Waals surface area contributed by atoms with E-state index in [0.29, 0.717) is 13.0 Å². The Labute approximate surface area is 108 Å². The van der Waals surface area contributed by atoms with E-state index in [9.17, 15) is 9.18 Å². The maximum atomic E-state index is 12.9. The molecule has 4 heteroatoms. The highest BCUT2D eigenvalue weighted by Gasteiger charge is 2.23. The Morgan fingerprint density at radius 3 is 2.33 bits per heavy atom. The van der Waals surface area contributed by atoms with Crippen LogP contribution in [-0.2, 0) is 4.79 Å². The van der Waals surface area contributed by atoms with Crippen molar-refractivity contribution in [3.63, 3.8) is 0 Å². The van der Waals surface area contributed by atoms with Crippen molar-refractivity contribution in [2.24, 2.45) is 5.73 Å². The smallest absolute Gasteiger partial charge is 0.239 e. The Morgan fingerprint density at radius 1 is 1.33 bits per heavy atom. The van der Waals surface area contributed by atoms with Gasteiger partial charge in [-0.05, 0) is 38.0 Å². The van der Waals surface area contributed by atoms with E-state index in [4.69, 9.17) is 5.73 Å². The Hall–Kier alpha value is -1.42. The van der Waals surface area contributed by atoms with Gasteiger partial charge in [0.15, 0.2) is 0 Å². The zero-order valence-electron chi connectivity index (χ0n) is 11.2. The molecule has 3 nitrogen and oxygen atoms in total. The monoisotopic (exact) mass is 252 g/mol. The molecular formula is C14H21FN2O. The van der Waals surface area contributed by atoms with Gasteiger partial charge in [-0.1, -0.05) is 19.1 Å². The van der Waals surface area contributed by atoms with Crippen LogP contribution >= 0.6 is 0 Å². The summed E-state index contributed by atoms with van der Waals surface area (Å²) in [5.74, 6) is -0.331. The van der Waals surface area contributed by atoms with Crippen LogP contribution in [0.4, 0.5) is 4.39 Å². The van der Waals surface area contributed by atoms with Gasteiger partial charge in [-0.15, -0.1) is 0 Å². The second-order valence-electron chi connectivity index (χ2n) is 4.37. The molecule has 1 aromatic rings. The van der Waals surface area contributed by atoms with Crippen molar-refractivity contribution in [2.45, 2.75) is 39.3 Å². The topological polar surface area (TPSA) is 46.3 Å². The van der Waals surface area contributed by atoms with Crippen LogP contribution in [0.25, 0.3) is 0 Å². The van der Waals surface area contributed by atoms with Crippen LogP contribution in [0.15, 0.2) is 24.3 Å². The fraction of sp³-hybridized carbons (Fsp3) is 0.500. The summed E-state index contributed by atoms with van der Waals surface area (Å²) in [4.78, 5) is 13.8. The summed E-state index contributed by atoms with van der Waals surface area (Å²) in [7, 11) is 0. The summed E-state index contributed by atoms with van der Waals surface area (Å²) in [5, 5.41) is 0. The molecule has 2 unspecified atom stereocenters. The van der Waals surface area contributed by atoms with Gasteiger partial charge < -0.3 is 10.6 Å². The lowest BCUT2D eigenvalue weighted by Gasteiger charge is -2.30. The number of amides is 1. The number of likely N-dealkylation sites (N-methyl/N-ethyl adjacent to an activating group) is 1. The molecule has 0 saturated carbocycles. The second kappa shape index (κ2) is 6.50. The molecule has 0 bridgehead atoms. The van der Waals surface area contributed by atoms with Crippen LogP contribution in [-0.4, -0.2) is 23.4 Å². The molecule has 1 aromatic carbocycles. The van der Waals surface area contributed by atoms with Gasteiger partial charge in [0.1, 0.15) is 5.82 Å². The van der Waals surface area contributed by atoms with E-state index in [1.165, 1.54) is 12.1 Å². The van der Waals surface area contributed by atoms with Gasteiger partial charge in [0.05, 0.1) is 12.1 Å². The fourth-order valence-corrected chi connectivity index (χ4v) is 1.93. The summed E-state index contributed by atoms with van der Waals surface area (Å²) < 4.78 is 12.9. The molecular weight excluding hydrogens is 231 g/mol. The maximum Gasteiger partial charge on any atom is 0.239 e. The number of benzene rings is 1. The largest absolute Gasteiger partial charge is 0.335 e. The van der Waals surface area contributed by atoms with Crippen molar-refractivity contribution in [3.8, 4) is 0 Å². The van der Waals surface area contributed by atoms with Crippen molar-refractivity contribution in [1.29, 1.82) is 0 Å². The first kappa shape index (κ1) is 14.6. The highest BCUT2D eigenvalue weighted by molar-refractivity contribution is 5.82. The summed E-state index contributed by atoms with van der Waals surface area (Å²) in [6, 6.07) is 5.66. The minimum Gasteiger partial charge on any atom is -0.335 e. The number of carbonyl (C=O) groups is 1. The molecule has 0 aromatic heterocycles. The molecule has 1 amide bonds. The maximum absolute atomic E-state index is 12.9. The Bertz CT molecular complexity index is 391. The van der Waals surface area contributed by atoms with E-state index in [0.717, 1.165) is 5.56 Å². The molecule has 18 heavy (non-hydrogen) atoms. The zero-order valence-corrected chi connectivity index (χ0v) is 11.2. The lowest BCUT2D eigenvalue weighted by molar-refractivity contribution is -0.134. The number of hydrogen-bond acceptors (Lipinski definition) is 2. The Morgan fingerprint density at radius 2 is 1.89 bits per heavy atom. The highest BCUT2D eigenvalue weighted by atomic mass is 19.1. The van der Waals surface area contributed by atoms with Crippen LogP contribution in [0, 0.1) is 5.82 Å². The lowest BCUT2D eigenvalue weighted by atomic mass is 10.1. The number of nitrogens with zero attached hydrogens (tertiary/aromatic N) is 1. The Kier molecular flexibility index (Phi) is 5.28. The molecule has 0 spiro atoms. The molecule has 0 aliphatic heterocycles. The fourth-order valence-electron chi connectivity index (χ4n) is 1.93. The van der Waals surface area contributed by atoms with E-state index >= 15 is 0 Å². The van der Waals surface area contributed by atoms with Crippen LogP contribution in [0.3, 0.4) is 0 Å². The minimum atomic E-state index is -0.465. The van der Waals surface area contributed by atoms with Gasteiger partial charge in [0.25, 0.3) is 0 Å². The molecule has 1 rings (SSSR count). The van der Waals surface area contributed by atoms with Crippen molar-refractivity contribution >= 4 is 5.91 Å². The van der Waals surface area contributed by atoms with Crippen LogP contribution < -0.4 is 5.73 Å². The Balaban J connectivity index is 2.88. The molecule has 0 heterocycles. The normalized spacial score (nSPS) is 14.1. The van der Waals surface area contributed by atoms with Gasteiger partial charge >= 0.3 is 0 Å². The standard InChI is InChI=1S/C14H21FN2O/c1-4-13(16)14(18)17(5-2)10(3)11-6-8-12(15)9-7-11/h6-10,13H,4-5,16H2,1-3H3. The molecule has 0 aliphatic carbocycles. The van der Waals surface area contributed by atoms with Crippen LogP contribution in [0.2, 0.25) is 0 Å². The average Bonchev–Trinajstić information content (AvgIpc) is 2.39. The molecule has 2 atom stereocenters. The SMILES string of the molecule is CCC(N)C(=O)N(CC)C(C)c1ccc(F)cc1. The minimum absolute atomic E-state index is 0.0585. The van der Waals surface area contributed by atoms with Crippen molar-refractivity contribution in [3.05, 3.63) is 35.6 Å². The quantitative estimate of drug-likeness (QED) is 0.875. The van der Waals surface area contributed by atoms with Gasteiger partial charge in [-0.2, -0.15) is 0 Å². The predicted molar refractivity (Wildman–Crippen MR) is 70.5 cm³/mol. The molecule has 0 fully saturated rings. The van der Waals surface area contributed by atoms with Gasteiger partial charge in [0.2, 0.25) is 5.91 Å². The number of rotatable bonds is 5. The number of carbonyl (C=O) groups excluding carboxylic acids is 1.